The predicted octanol–water partition coefficient (Wildman–Crippen LogP) is 1.72. The Balaban J connectivity index is 2.59. The van der Waals surface area contributed by atoms with Crippen LogP contribution in [-0.2, 0) is 11.2 Å². The van der Waals surface area contributed by atoms with E-state index in [0.29, 0.717) is 6.42 Å². The second kappa shape index (κ2) is 5.63. The van der Waals surface area contributed by atoms with Crippen molar-refractivity contribution >= 4 is 28.5 Å². The molecular weight excluding hydrogens is 317 g/mol. The Kier molecular flexibility index (Phi) is 4.73. The zero-order chi connectivity index (χ0) is 12.2. The molecule has 1 aromatic rings. The third-order valence-electron chi connectivity index (χ3n) is 2.13. The molecule has 0 saturated carbocycles. The first-order chi connectivity index (χ1) is 7.43. The van der Waals surface area contributed by atoms with Crippen LogP contribution in [-0.4, -0.2) is 23.2 Å². The normalized spacial score (nSPS) is 11.2. The number of carbonyl (C=O) groups excluding carboxylic acids is 1. The highest BCUT2D eigenvalue weighted by Gasteiger charge is 2.18. The van der Waals surface area contributed by atoms with Gasteiger partial charge in [-0.15, -0.1) is 0 Å². The first kappa shape index (κ1) is 13.4. The van der Waals surface area contributed by atoms with Crippen molar-refractivity contribution < 1.29 is 9.90 Å². The van der Waals surface area contributed by atoms with Crippen LogP contribution >= 0.6 is 22.6 Å². The Hall–Kier alpha value is -0.620. The summed E-state index contributed by atoms with van der Waals surface area (Å²) in [5.74, 6) is -0.0685. The summed E-state index contributed by atoms with van der Waals surface area (Å²) in [7, 11) is 0. The highest BCUT2D eigenvalue weighted by molar-refractivity contribution is 14.1. The molecule has 1 amide bonds. The molecule has 0 aliphatic carbocycles. The van der Waals surface area contributed by atoms with Gasteiger partial charge in [0.1, 0.15) is 0 Å². The first-order valence-corrected chi connectivity index (χ1v) is 6.17. The average molecular weight is 333 g/mol. The second-order valence-corrected chi connectivity index (χ2v) is 5.64. The molecule has 0 aliphatic heterocycles. The summed E-state index contributed by atoms with van der Waals surface area (Å²) < 4.78 is 1.12. The number of aliphatic hydroxyl groups is 1. The molecule has 16 heavy (non-hydrogen) atoms. The Bertz CT molecular complexity index is 377. The Morgan fingerprint density at radius 1 is 1.50 bits per heavy atom. The number of halogens is 1. The van der Waals surface area contributed by atoms with E-state index < -0.39 is 5.54 Å². The van der Waals surface area contributed by atoms with Gasteiger partial charge in [0.05, 0.1) is 18.6 Å². The molecule has 0 unspecified atom stereocenters. The molecule has 0 heterocycles. The minimum absolute atomic E-state index is 0.0644. The summed E-state index contributed by atoms with van der Waals surface area (Å²) >= 11 is 2.22. The monoisotopic (exact) mass is 333 g/mol. The molecule has 0 saturated heterocycles. The van der Waals surface area contributed by atoms with Crippen molar-refractivity contribution in [2.45, 2.75) is 25.8 Å². The van der Waals surface area contributed by atoms with Crippen LogP contribution in [0.1, 0.15) is 19.4 Å². The summed E-state index contributed by atoms with van der Waals surface area (Å²) in [6.45, 7) is 3.52. The van der Waals surface area contributed by atoms with Gasteiger partial charge in [0.2, 0.25) is 5.91 Å². The lowest BCUT2D eigenvalue weighted by Gasteiger charge is -2.23. The fourth-order valence-corrected chi connectivity index (χ4v) is 1.90. The van der Waals surface area contributed by atoms with E-state index in [0.717, 1.165) is 9.13 Å². The number of nitrogens with one attached hydrogen (secondary N) is 1. The number of rotatable bonds is 4. The first-order valence-electron chi connectivity index (χ1n) is 5.09. The minimum atomic E-state index is -0.557. The van der Waals surface area contributed by atoms with Gasteiger partial charge in [-0.05, 0) is 54.1 Å². The Labute approximate surface area is 109 Å². The SMILES string of the molecule is CC(C)(CO)NC(=O)Cc1cccc(I)c1. The number of hydrogen-bond donors (Lipinski definition) is 2. The summed E-state index contributed by atoms with van der Waals surface area (Å²) in [6, 6.07) is 7.82. The molecule has 0 aliphatic rings. The van der Waals surface area contributed by atoms with Gasteiger partial charge in [0.25, 0.3) is 0 Å². The lowest BCUT2D eigenvalue weighted by atomic mass is 10.1. The van der Waals surface area contributed by atoms with Crippen molar-refractivity contribution in [1.29, 1.82) is 0 Å². The predicted molar refractivity (Wildman–Crippen MR) is 72.2 cm³/mol. The van der Waals surface area contributed by atoms with E-state index in [1.165, 1.54) is 0 Å². The largest absolute Gasteiger partial charge is 0.394 e. The van der Waals surface area contributed by atoms with Crippen LogP contribution in [0.3, 0.4) is 0 Å². The molecule has 4 heteroatoms. The van der Waals surface area contributed by atoms with E-state index in [1.54, 1.807) is 13.8 Å². The fourth-order valence-electron chi connectivity index (χ4n) is 1.29. The lowest BCUT2D eigenvalue weighted by Crippen LogP contribution is -2.46. The zero-order valence-corrected chi connectivity index (χ0v) is 11.6. The zero-order valence-electron chi connectivity index (χ0n) is 9.46. The number of aliphatic hydroxyl groups excluding tert-OH is 1. The van der Waals surface area contributed by atoms with Crippen molar-refractivity contribution in [2.75, 3.05) is 6.61 Å². The summed E-state index contributed by atoms with van der Waals surface area (Å²) in [4.78, 5) is 11.7. The number of benzene rings is 1. The minimum Gasteiger partial charge on any atom is -0.394 e. The maximum atomic E-state index is 11.7. The molecule has 0 aromatic heterocycles. The topological polar surface area (TPSA) is 49.3 Å². The summed E-state index contributed by atoms with van der Waals surface area (Å²) in [5.41, 5.74) is 0.428. The number of carbonyl (C=O) groups is 1. The molecule has 1 rings (SSSR count). The van der Waals surface area contributed by atoms with Gasteiger partial charge >= 0.3 is 0 Å². The molecule has 0 radical (unpaired) electrons. The lowest BCUT2D eigenvalue weighted by molar-refractivity contribution is -0.122. The van der Waals surface area contributed by atoms with Crippen LogP contribution in [0.5, 0.6) is 0 Å². The van der Waals surface area contributed by atoms with Crippen LogP contribution in [0, 0.1) is 3.57 Å². The van der Waals surface area contributed by atoms with Crippen LogP contribution in [0.2, 0.25) is 0 Å². The number of amides is 1. The van der Waals surface area contributed by atoms with Crippen molar-refractivity contribution in [3.8, 4) is 0 Å². The van der Waals surface area contributed by atoms with Crippen LogP contribution in [0.15, 0.2) is 24.3 Å². The van der Waals surface area contributed by atoms with Crippen LogP contribution in [0.4, 0.5) is 0 Å². The van der Waals surface area contributed by atoms with Gasteiger partial charge in [0.15, 0.2) is 0 Å². The molecular formula is C12H16INO2. The maximum absolute atomic E-state index is 11.7. The van der Waals surface area contributed by atoms with E-state index >= 15 is 0 Å². The average Bonchev–Trinajstić information content (AvgIpc) is 2.16. The highest BCUT2D eigenvalue weighted by Crippen LogP contribution is 2.09. The van der Waals surface area contributed by atoms with Crippen molar-refractivity contribution in [2.24, 2.45) is 0 Å². The van der Waals surface area contributed by atoms with Gasteiger partial charge in [0, 0.05) is 3.57 Å². The van der Waals surface area contributed by atoms with E-state index in [4.69, 9.17) is 5.11 Å². The molecule has 0 spiro atoms. The summed E-state index contributed by atoms with van der Waals surface area (Å²) in [6.07, 6.45) is 0.347. The highest BCUT2D eigenvalue weighted by atomic mass is 127. The van der Waals surface area contributed by atoms with E-state index in [1.807, 2.05) is 24.3 Å². The smallest absolute Gasteiger partial charge is 0.224 e. The third-order valence-corrected chi connectivity index (χ3v) is 2.80. The van der Waals surface area contributed by atoms with Gasteiger partial charge in [-0.3, -0.25) is 4.79 Å². The molecule has 0 bridgehead atoms. The van der Waals surface area contributed by atoms with Gasteiger partial charge in [-0.25, -0.2) is 0 Å². The van der Waals surface area contributed by atoms with Crippen molar-refractivity contribution in [1.82, 2.24) is 5.32 Å². The van der Waals surface area contributed by atoms with Crippen LogP contribution in [0.25, 0.3) is 0 Å². The number of hydrogen-bond acceptors (Lipinski definition) is 2. The third kappa shape index (κ3) is 4.49. The van der Waals surface area contributed by atoms with Crippen LogP contribution < -0.4 is 5.32 Å². The standard InChI is InChI=1S/C12H16INO2/c1-12(2,8-15)14-11(16)7-9-4-3-5-10(13)6-9/h3-6,15H,7-8H2,1-2H3,(H,14,16). The Morgan fingerprint density at radius 2 is 2.19 bits per heavy atom. The van der Waals surface area contributed by atoms with E-state index in [-0.39, 0.29) is 12.5 Å². The fraction of sp³-hybridized carbons (Fsp3) is 0.417. The quantitative estimate of drug-likeness (QED) is 0.825. The maximum Gasteiger partial charge on any atom is 0.224 e. The van der Waals surface area contributed by atoms with Gasteiger partial charge < -0.3 is 10.4 Å². The molecule has 1 aromatic carbocycles. The van der Waals surface area contributed by atoms with Gasteiger partial charge in [-0.1, -0.05) is 12.1 Å². The van der Waals surface area contributed by atoms with E-state index in [2.05, 4.69) is 27.9 Å². The molecule has 3 nitrogen and oxygen atoms in total. The van der Waals surface area contributed by atoms with Crippen molar-refractivity contribution in [3.63, 3.8) is 0 Å². The molecule has 0 fully saturated rings. The van der Waals surface area contributed by atoms with E-state index in [9.17, 15) is 4.79 Å². The second-order valence-electron chi connectivity index (χ2n) is 4.40. The van der Waals surface area contributed by atoms with Gasteiger partial charge in [-0.2, -0.15) is 0 Å². The molecule has 2 N–H and O–H groups in total. The van der Waals surface area contributed by atoms with Crippen molar-refractivity contribution in [3.05, 3.63) is 33.4 Å². The molecule has 88 valence electrons. The summed E-state index contributed by atoms with van der Waals surface area (Å²) in [5, 5.41) is 11.8. The molecule has 0 atom stereocenters. The Morgan fingerprint density at radius 3 is 2.75 bits per heavy atom.